The van der Waals surface area contributed by atoms with E-state index in [1.807, 2.05) is 0 Å². The van der Waals surface area contributed by atoms with Crippen molar-refractivity contribution < 1.29 is 5.11 Å². The second kappa shape index (κ2) is 5.13. The zero-order chi connectivity index (χ0) is 10.6. The molecule has 0 spiro atoms. The van der Waals surface area contributed by atoms with Crippen LogP contribution in [0.2, 0.25) is 0 Å². The maximum Gasteiger partial charge on any atom is 0.0931 e. The number of rotatable bonds is 4. The van der Waals surface area contributed by atoms with Gasteiger partial charge in [-0.25, -0.2) is 0 Å². The number of aliphatic hydroxyl groups is 1. The Morgan fingerprint density at radius 1 is 1.07 bits per heavy atom. The predicted octanol–water partition coefficient (Wildman–Crippen LogP) is 1.69. The molecule has 1 aromatic rings. The van der Waals surface area contributed by atoms with Gasteiger partial charge in [0.15, 0.2) is 0 Å². The third-order valence-corrected chi connectivity index (χ3v) is 2.64. The summed E-state index contributed by atoms with van der Waals surface area (Å²) >= 11 is 0. The first-order valence-corrected chi connectivity index (χ1v) is 5.03. The molecule has 0 fully saturated rings. The minimum atomic E-state index is 0.0594. The monoisotopic (exact) mass is 193 g/mol. The second-order valence-electron chi connectivity index (χ2n) is 3.77. The van der Waals surface area contributed by atoms with E-state index in [1.54, 1.807) is 0 Å². The third-order valence-electron chi connectivity index (χ3n) is 2.64. The molecule has 0 saturated carbocycles. The van der Waals surface area contributed by atoms with E-state index in [1.165, 1.54) is 22.3 Å². The molecule has 0 aliphatic carbocycles. The topological polar surface area (TPSA) is 32.3 Å². The van der Waals surface area contributed by atoms with Crippen LogP contribution < -0.4 is 5.32 Å². The van der Waals surface area contributed by atoms with E-state index >= 15 is 0 Å². The number of nitrogens with one attached hydrogen (secondary N) is 1. The first-order chi connectivity index (χ1) is 6.65. The van der Waals surface area contributed by atoms with Gasteiger partial charge in [-0.3, -0.25) is 5.32 Å². The SMILES string of the molecule is Cc1cc(C)c(CCNCO)cc1C. The lowest BCUT2D eigenvalue weighted by Crippen LogP contribution is -2.18. The molecule has 1 rings (SSSR count). The molecule has 0 heterocycles. The summed E-state index contributed by atoms with van der Waals surface area (Å²) in [7, 11) is 0. The van der Waals surface area contributed by atoms with Gasteiger partial charge in [-0.1, -0.05) is 12.1 Å². The van der Waals surface area contributed by atoms with Crippen molar-refractivity contribution >= 4 is 0 Å². The Kier molecular flexibility index (Phi) is 4.11. The quantitative estimate of drug-likeness (QED) is 0.563. The molecule has 0 unspecified atom stereocenters. The first-order valence-electron chi connectivity index (χ1n) is 5.03. The molecule has 0 saturated heterocycles. The molecule has 2 heteroatoms. The van der Waals surface area contributed by atoms with Crippen LogP contribution in [0, 0.1) is 20.8 Å². The average molecular weight is 193 g/mol. The van der Waals surface area contributed by atoms with Gasteiger partial charge in [0.25, 0.3) is 0 Å². The van der Waals surface area contributed by atoms with E-state index in [4.69, 9.17) is 5.11 Å². The van der Waals surface area contributed by atoms with Gasteiger partial charge in [0, 0.05) is 6.54 Å². The lowest BCUT2D eigenvalue weighted by molar-refractivity contribution is 0.262. The van der Waals surface area contributed by atoms with Crippen LogP contribution in [0.3, 0.4) is 0 Å². The van der Waals surface area contributed by atoms with Crippen molar-refractivity contribution in [2.24, 2.45) is 0 Å². The van der Waals surface area contributed by atoms with Gasteiger partial charge in [-0.05, 0) is 49.4 Å². The van der Waals surface area contributed by atoms with E-state index in [-0.39, 0.29) is 6.73 Å². The second-order valence-corrected chi connectivity index (χ2v) is 3.77. The Hall–Kier alpha value is -0.860. The van der Waals surface area contributed by atoms with E-state index in [2.05, 4.69) is 38.2 Å². The van der Waals surface area contributed by atoms with Gasteiger partial charge in [-0.15, -0.1) is 0 Å². The van der Waals surface area contributed by atoms with Crippen LogP contribution in [-0.2, 0) is 6.42 Å². The highest BCUT2D eigenvalue weighted by Gasteiger charge is 2.01. The summed E-state index contributed by atoms with van der Waals surface area (Å²) in [6, 6.07) is 4.47. The van der Waals surface area contributed by atoms with Crippen molar-refractivity contribution in [2.75, 3.05) is 13.3 Å². The zero-order valence-electron chi connectivity index (χ0n) is 9.22. The maximum atomic E-state index is 8.60. The van der Waals surface area contributed by atoms with Gasteiger partial charge >= 0.3 is 0 Å². The van der Waals surface area contributed by atoms with Crippen LogP contribution in [0.5, 0.6) is 0 Å². The summed E-state index contributed by atoms with van der Waals surface area (Å²) in [4.78, 5) is 0. The van der Waals surface area contributed by atoms with Gasteiger partial charge in [0.2, 0.25) is 0 Å². The molecular formula is C12H19NO. The summed E-state index contributed by atoms with van der Waals surface area (Å²) in [5.74, 6) is 0. The van der Waals surface area contributed by atoms with Crippen LogP contribution in [0.25, 0.3) is 0 Å². The Balaban J connectivity index is 2.72. The van der Waals surface area contributed by atoms with Gasteiger partial charge < -0.3 is 5.11 Å². The maximum absolute atomic E-state index is 8.60. The van der Waals surface area contributed by atoms with Crippen LogP contribution in [0.4, 0.5) is 0 Å². The predicted molar refractivity (Wildman–Crippen MR) is 59.4 cm³/mol. The summed E-state index contributed by atoms with van der Waals surface area (Å²) in [5, 5.41) is 11.5. The molecule has 0 aliphatic rings. The van der Waals surface area contributed by atoms with Crippen LogP contribution in [-0.4, -0.2) is 18.4 Å². The molecule has 0 bridgehead atoms. The number of aliphatic hydroxyl groups excluding tert-OH is 1. The normalized spacial score (nSPS) is 10.6. The Labute approximate surface area is 86.0 Å². The molecule has 0 amide bonds. The molecule has 0 atom stereocenters. The van der Waals surface area contributed by atoms with Crippen molar-refractivity contribution in [1.29, 1.82) is 0 Å². The molecular weight excluding hydrogens is 174 g/mol. The first kappa shape index (κ1) is 11.2. The van der Waals surface area contributed by atoms with Crippen LogP contribution >= 0.6 is 0 Å². The summed E-state index contributed by atoms with van der Waals surface area (Å²) in [6.45, 7) is 7.31. The van der Waals surface area contributed by atoms with Gasteiger partial charge in [0.1, 0.15) is 0 Å². The Morgan fingerprint density at radius 3 is 2.36 bits per heavy atom. The number of benzene rings is 1. The number of aryl methyl sites for hydroxylation is 3. The fourth-order valence-corrected chi connectivity index (χ4v) is 1.59. The van der Waals surface area contributed by atoms with E-state index < -0.39 is 0 Å². The fraction of sp³-hybridized carbons (Fsp3) is 0.500. The lowest BCUT2D eigenvalue weighted by Gasteiger charge is -2.09. The highest BCUT2D eigenvalue weighted by atomic mass is 16.3. The molecule has 14 heavy (non-hydrogen) atoms. The van der Waals surface area contributed by atoms with E-state index in [9.17, 15) is 0 Å². The average Bonchev–Trinajstić information content (AvgIpc) is 2.14. The Morgan fingerprint density at radius 2 is 1.71 bits per heavy atom. The molecule has 0 aliphatic heterocycles. The van der Waals surface area contributed by atoms with Crippen LogP contribution in [0.1, 0.15) is 22.3 Å². The fourth-order valence-electron chi connectivity index (χ4n) is 1.59. The van der Waals surface area contributed by atoms with Crippen molar-refractivity contribution in [3.8, 4) is 0 Å². The molecule has 78 valence electrons. The van der Waals surface area contributed by atoms with Crippen LogP contribution in [0.15, 0.2) is 12.1 Å². The van der Waals surface area contributed by atoms with Crippen molar-refractivity contribution in [3.05, 3.63) is 34.4 Å². The highest BCUT2D eigenvalue weighted by molar-refractivity contribution is 5.36. The molecule has 1 aromatic carbocycles. The molecule has 0 aromatic heterocycles. The standard InChI is InChI=1S/C12H19NO/c1-9-6-11(3)12(7-10(9)2)4-5-13-8-14/h6-7,13-14H,4-5,8H2,1-3H3. The summed E-state index contributed by atoms with van der Waals surface area (Å²) < 4.78 is 0. The largest absolute Gasteiger partial charge is 0.381 e. The lowest BCUT2D eigenvalue weighted by atomic mass is 9.99. The number of hydrogen-bond donors (Lipinski definition) is 2. The summed E-state index contributed by atoms with van der Waals surface area (Å²) in [5.41, 5.74) is 5.40. The van der Waals surface area contributed by atoms with Gasteiger partial charge in [0.05, 0.1) is 6.73 Å². The van der Waals surface area contributed by atoms with E-state index in [0.717, 1.165) is 13.0 Å². The van der Waals surface area contributed by atoms with Gasteiger partial charge in [-0.2, -0.15) is 0 Å². The Bertz CT molecular complexity index is 307. The molecule has 2 N–H and O–H groups in total. The zero-order valence-corrected chi connectivity index (χ0v) is 9.22. The highest BCUT2D eigenvalue weighted by Crippen LogP contribution is 2.15. The molecule has 2 nitrogen and oxygen atoms in total. The van der Waals surface area contributed by atoms with Crippen molar-refractivity contribution in [2.45, 2.75) is 27.2 Å². The molecule has 0 radical (unpaired) electrons. The minimum absolute atomic E-state index is 0.0594. The smallest absolute Gasteiger partial charge is 0.0931 e. The van der Waals surface area contributed by atoms with Crippen molar-refractivity contribution in [1.82, 2.24) is 5.32 Å². The van der Waals surface area contributed by atoms with Crippen molar-refractivity contribution in [3.63, 3.8) is 0 Å². The third kappa shape index (κ3) is 2.82. The minimum Gasteiger partial charge on any atom is -0.381 e. The number of hydrogen-bond acceptors (Lipinski definition) is 2. The van der Waals surface area contributed by atoms with E-state index in [0.29, 0.717) is 0 Å². The summed E-state index contributed by atoms with van der Waals surface area (Å²) in [6.07, 6.45) is 0.980.